The molecule has 0 unspecified atom stereocenters. The van der Waals surface area contributed by atoms with E-state index in [1.165, 1.54) is 16.9 Å². The topological polar surface area (TPSA) is 40.5 Å². The Kier molecular flexibility index (Phi) is 4.04. The van der Waals surface area contributed by atoms with Gasteiger partial charge in [0, 0.05) is 18.1 Å². The Labute approximate surface area is 118 Å². The predicted molar refractivity (Wildman–Crippen MR) is 77.5 cm³/mol. The molecule has 2 aromatic rings. The fourth-order valence-corrected chi connectivity index (χ4v) is 2.66. The summed E-state index contributed by atoms with van der Waals surface area (Å²) in [5.41, 5.74) is 1.19. The molecule has 0 aliphatic heterocycles. The zero-order valence-electron chi connectivity index (χ0n) is 9.76. The second-order valence-corrected chi connectivity index (χ2v) is 5.90. The van der Waals surface area contributed by atoms with Crippen molar-refractivity contribution in [3.63, 3.8) is 0 Å². The number of anilines is 1. The molecule has 18 heavy (non-hydrogen) atoms. The lowest BCUT2D eigenvalue weighted by Gasteiger charge is -2.16. The molecule has 1 aromatic heterocycles. The Morgan fingerprint density at radius 2 is 1.94 bits per heavy atom. The first kappa shape index (κ1) is 13.1. The third kappa shape index (κ3) is 3.11. The molecule has 3 nitrogen and oxygen atoms in total. The van der Waals surface area contributed by atoms with Crippen LogP contribution in [-0.4, -0.2) is 18.1 Å². The minimum absolute atomic E-state index is 0.368. The van der Waals surface area contributed by atoms with Crippen molar-refractivity contribution in [2.45, 2.75) is 6.54 Å². The molecular weight excluding hydrogens is 314 g/mol. The molecule has 1 aromatic carbocycles. The average Bonchev–Trinajstić information content (AvgIpc) is 2.81. The second-order valence-electron chi connectivity index (χ2n) is 3.93. The summed E-state index contributed by atoms with van der Waals surface area (Å²) in [7, 11) is 1.96. The largest absolute Gasteiger partial charge is 0.477 e. The highest BCUT2D eigenvalue weighted by Gasteiger charge is 2.10. The number of carbonyl (C=O) groups is 1. The van der Waals surface area contributed by atoms with Crippen molar-refractivity contribution in [2.24, 2.45) is 0 Å². The van der Waals surface area contributed by atoms with E-state index < -0.39 is 5.97 Å². The van der Waals surface area contributed by atoms with Crippen LogP contribution in [0.1, 0.15) is 15.2 Å². The molecular formula is C13H12BrNO2S. The van der Waals surface area contributed by atoms with E-state index in [9.17, 15) is 4.79 Å². The monoisotopic (exact) mass is 325 g/mol. The third-order valence-electron chi connectivity index (χ3n) is 2.51. The summed E-state index contributed by atoms with van der Waals surface area (Å²) in [6.45, 7) is 0.757. The highest BCUT2D eigenvalue weighted by molar-refractivity contribution is 9.10. The number of nitrogens with zero attached hydrogens (tertiary/aromatic N) is 1. The van der Waals surface area contributed by atoms with Crippen LogP contribution >= 0.6 is 27.3 Å². The van der Waals surface area contributed by atoms with E-state index in [0.29, 0.717) is 4.88 Å². The standard InChI is InChI=1S/C13H12BrNO2S/c1-15(8-9-2-4-10(14)5-3-9)12-7-6-11(18-12)13(16)17/h2-7H,8H2,1H3,(H,16,17). The van der Waals surface area contributed by atoms with E-state index in [1.54, 1.807) is 6.07 Å². The van der Waals surface area contributed by atoms with Crippen molar-refractivity contribution in [3.8, 4) is 0 Å². The normalized spacial score (nSPS) is 10.3. The number of carboxylic acids is 1. The molecule has 0 aliphatic carbocycles. The number of aromatic carboxylic acids is 1. The minimum atomic E-state index is -0.872. The Balaban J connectivity index is 2.09. The van der Waals surface area contributed by atoms with Crippen molar-refractivity contribution < 1.29 is 9.90 Å². The van der Waals surface area contributed by atoms with E-state index in [-0.39, 0.29) is 0 Å². The number of hydrogen-bond donors (Lipinski definition) is 1. The third-order valence-corrected chi connectivity index (χ3v) is 4.23. The van der Waals surface area contributed by atoms with Gasteiger partial charge in [-0.3, -0.25) is 0 Å². The molecule has 0 bridgehead atoms. The van der Waals surface area contributed by atoms with Crippen LogP contribution in [0.5, 0.6) is 0 Å². The first-order valence-electron chi connectivity index (χ1n) is 5.35. The van der Waals surface area contributed by atoms with E-state index in [2.05, 4.69) is 15.9 Å². The molecule has 0 fully saturated rings. The summed E-state index contributed by atoms with van der Waals surface area (Å²) in [5, 5.41) is 9.84. The number of halogens is 1. The molecule has 0 saturated heterocycles. The number of rotatable bonds is 4. The molecule has 94 valence electrons. The maximum absolute atomic E-state index is 10.8. The summed E-state index contributed by atoms with van der Waals surface area (Å²) < 4.78 is 1.05. The van der Waals surface area contributed by atoms with Crippen molar-refractivity contribution >= 4 is 38.2 Å². The molecule has 2 rings (SSSR count). The highest BCUT2D eigenvalue weighted by atomic mass is 79.9. The Hall–Kier alpha value is -1.33. The molecule has 5 heteroatoms. The maximum atomic E-state index is 10.8. The summed E-state index contributed by atoms with van der Waals surface area (Å²) in [6.07, 6.45) is 0. The number of thiophene rings is 1. The van der Waals surface area contributed by atoms with Gasteiger partial charge in [-0.1, -0.05) is 28.1 Å². The van der Waals surface area contributed by atoms with Gasteiger partial charge >= 0.3 is 5.97 Å². The Bertz CT molecular complexity index is 550. The summed E-state index contributed by atoms with van der Waals surface area (Å²) in [5.74, 6) is -0.872. The first-order valence-corrected chi connectivity index (χ1v) is 6.96. The van der Waals surface area contributed by atoms with E-state index >= 15 is 0 Å². The van der Waals surface area contributed by atoms with Crippen LogP contribution in [0.2, 0.25) is 0 Å². The number of benzene rings is 1. The van der Waals surface area contributed by atoms with Crippen molar-refractivity contribution in [1.29, 1.82) is 0 Å². The average molecular weight is 326 g/mol. The van der Waals surface area contributed by atoms with Gasteiger partial charge in [-0.2, -0.15) is 0 Å². The van der Waals surface area contributed by atoms with Crippen LogP contribution in [0.4, 0.5) is 5.00 Å². The quantitative estimate of drug-likeness (QED) is 0.928. The van der Waals surface area contributed by atoms with Gasteiger partial charge in [0.1, 0.15) is 4.88 Å². The van der Waals surface area contributed by atoms with Gasteiger partial charge in [-0.05, 0) is 29.8 Å². The summed E-state index contributed by atoms with van der Waals surface area (Å²) in [4.78, 5) is 13.2. The van der Waals surface area contributed by atoms with Gasteiger partial charge in [0.2, 0.25) is 0 Å². The van der Waals surface area contributed by atoms with Gasteiger partial charge in [0.05, 0.1) is 5.00 Å². The molecule has 0 atom stereocenters. The van der Waals surface area contributed by atoms with Crippen molar-refractivity contribution in [3.05, 3.63) is 51.3 Å². The van der Waals surface area contributed by atoms with Crippen LogP contribution in [0.15, 0.2) is 40.9 Å². The summed E-state index contributed by atoms with van der Waals surface area (Å²) in [6, 6.07) is 11.6. The van der Waals surface area contributed by atoms with Crippen LogP contribution in [-0.2, 0) is 6.54 Å². The molecule has 0 amide bonds. The lowest BCUT2D eigenvalue weighted by Crippen LogP contribution is -2.14. The molecule has 1 heterocycles. The van der Waals surface area contributed by atoms with Crippen molar-refractivity contribution in [2.75, 3.05) is 11.9 Å². The SMILES string of the molecule is CN(Cc1ccc(Br)cc1)c1ccc(C(=O)O)s1. The fraction of sp³-hybridized carbons (Fsp3) is 0.154. The van der Waals surface area contributed by atoms with E-state index in [4.69, 9.17) is 5.11 Å². The molecule has 0 saturated carbocycles. The smallest absolute Gasteiger partial charge is 0.345 e. The minimum Gasteiger partial charge on any atom is -0.477 e. The van der Waals surface area contributed by atoms with Gasteiger partial charge in [-0.15, -0.1) is 11.3 Å². The summed E-state index contributed by atoms with van der Waals surface area (Å²) >= 11 is 4.69. The molecule has 0 spiro atoms. The van der Waals surface area contributed by atoms with Crippen LogP contribution in [0.3, 0.4) is 0 Å². The Morgan fingerprint density at radius 3 is 2.50 bits per heavy atom. The predicted octanol–water partition coefficient (Wildman–Crippen LogP) is 3.85. The second kappa shape index (κ2) is 5.54. The van der Waals surface area contributed by atoms with E-state index in [1.807, 2.05) is 42.3 Å². The zero-order valence-corrected chi connectivity index (χ0v) is 12.2. The van der Waals surface area contributed by atoms with Crippen LogP contribution < -0.4 is 4.90 Å². The van der Waals surface area contributed by atoms with Gasteiger partial charge < -0.3 is 10.0 Å². The van der Waals surface area contributed by atoms with Gasteiger partial charge in [-0.25, -0.2) is 4.79 Å². The molecule has 0 radical (unpaired) electrons. The fourth-order valence-electron chi connectivity index (χ4n) is 1.59. The zero-order chi connectivity index (χ0) is 13.1. The van der Waals surface area contributed by atoms with Gasteiger partial charge in [0.15, 0.2) is 0 Å². The Morgan fingerprint density at radius 1 is 1.28 bits per heavy atom. The van der Waals surface area contributed by atoms with E-state index in [0.717, 1.165) is 16.0 Å². The molecule has 0 aliphatic rings. The number of carboxylic acid groups (broad SMARTS) is 1. The highest BCUT2D eigenvalue weighted by Crippen LogP contribution is 2.26. The van der Waals surface area contributed by atoms with Crippen LogP contribution in [0, 0.1) is 0 Å². The maximum Gasteiger partial charge on any atom is 0.345 e. The lowest BCUT2D eigenvalue weighted by molar-refractivity contribution is 0.0702. The van der Waals surface area contributed by atoms with Gasteiger partial charge in [0.25, 0.3) is 0 Å². The first-order chi connectivity index (χ1) is 8.56. The lowest BCUT2D eigenvalue weighted by atomic mass is 10.2. The number of hydrogen-bond acceptors (Lipinski definition) is 3. The molecule has 1 N–H and O–H groups in total. The van der Waals surface area contributed by atoms with Crippen LogP contribution in [0.25, 0.3) is 0 Å². The van der Waals surface area contributed by atoms with Crippen molar-refractivity contribution in [1.82, 2.24) is 0 Å².